The van der Waals surface area contributed by atoms with Crippen LogP contribution >= 0.6 is 0 Å². The number of hydrogen-bond donors (Lipinski definition) is 1. The fourth-order valence-corrected chi connectivity index (χ4v) is 1.29. The number of ether oxygens (including phenoxy) is 1. The van der Waals surface area contributed by atoms with Crippen molar-refractivity contribution in [3.63, 3.8) is 0 Å². The van der Waals surface area contributed by atoms with Crippen LogP contribution in [0.25, 0.3) is 0 Å². The topological polar surface area (TPSA) is 46.5 Å². The lowest BCUT2D eigenvalue weighted by Gasteiger charge is -2.27. The number of carbonyl (C=O) groups excluding carboxylic acids is 1. The van der Waals surface area contributed by atoms with E-state index in [1.165, 1.54) is 19.1 Å². The molecule has 0 aromatic heterocycles. The second-order valence-corrected chi connectivity index (χ2v) is 5.00. The monoisotopic (exact) mass is 254 g/mol. The van der Waals surface area contributed by atoms with E-state index in [1.54, 1.807) is 6.92 Å². The lowest BCUT2D eigenvalue weighted by atomic mass is 9.94. The summed E-state index contributed by atoms with van der Waals surface area (Å²) in [5.41, 5.74) is -0.808. The molecule has 0 amide bonds. The SMILES string of the molecule is CC(=O)c1cc(F)ccc1OCC(C)(O)C(C)C. The summed E-state index contributed by atoms with van der Waals surface area (Å²) in [6, 6.07) is 3.77. The summed E-state index contributed by atoms with van der Waals surface area (Å²) in [6.45, 7) is 6.81. The zero-order valence-electron chi connectivity index (χ0n) is 11.2. The minimum atomic E-state index is -0.998. The van der Waals surface area contributed by atoms with Gasteiger partial charge < -0.3 is 9.84 Å². The molecule has 3 nitrogen and oxygen atoms in total. The van der Waals surface area contributed by atoms with Crippen LogP contribution in [0.2, 0.25) is 0 Å². The molecule has 100 valence electrons. The summed E-state index contributed by atoms with van der Waals surface area (Å²) < 4.78 is 18.5. The van der Waals surface area contributed by atoms with Crippen molar-refractivity contribution in [2.45, 2.75) is 33.3 Å². The van der Waals surface area contributed by atoms with Crippen LogP contribution in [-0.4, -0.2) is 23.1 Å². The first-order chi connectivity index (χ1) is 8.24. The first-order valence-electron chi connectivity index (χ1n) is 5.89. The van der Waals surface area contributed by atoms with E-state index < -0.39 is 11.4 Å². The molecule has 18 heavy (non-hydrogen) atoms. The Kier molecular flexibility index (Phi) is 4.46. The minimum absolute atomic E-state index is 0.0127. The van der Waals surface area contributed by atoms with Crippen LogP contribution in [0.3, 0.4) is 0 Å². The highest BCUT2D eigenvalue weighted by Crippen LogP contribution is 2.23. The second kappa shape index (κ2) is 5.48. The Morgan fingerprint density at radius 3 is 2.61 bits per heavy atom. The maximum atomic E-state index is 13.1. The zero-order valence-corrected chi connectivity index (χ0v) is 11.2. The number of Topliss-reactive ketones (excluding diaryl/α,β-unsaturated/α-hetero) is 1. The molecule has 0 spiro atoms. The van der Waals surface area contributed by atoms with Gasteiger partial charge >= 0.3 is 0 Å². The molecule has 0 saturated heterocycles. The van der Waals surface area contributed by atoms with Crippen molar-refractivity contribution < 1.29 is 19.0 Å². The van der Waals surface area contributed by atoms with E-state index in [9.17, 15) is 14.3 Å². The highest BCUT2D eigenvalue weighted by Gasteiger charge is 2.26. The smallest absolute Gasteiger partial charge is 0.163 e. The van der Waals surface area contributed by atoms with Crippen molar-refractivity contribution in [2.75, 3.05) is 6.61 Å². The standard InChI is InChI=1S/C14H19FO3/c1-9(2)14(4,17)8-18-13-6-5-11(15)7-12(13)10(3)16/h5-7,9,17H,8H2,1-4H3. The van der Waals surface area contributed by atoms with Crippen molar-refractivity contribution >= 4 is 5.78 Å². The molecule has 0 aliphatic heterocycles. The van der Waals surface area contributed by atoms with Crippen molar-refractivity contribution in [1.82, 2.24) is 0 Å². The van der Waals surface area contributed by atoms with E-state index in [4.69, 9.17) is 4.74 Å². The molecule has 4 heteroatoms. The van der Waals surface area contributed by atoms with E-state index in [1.807, 2.05) is 13.8 Å². The highest BCUT2D eigenvalue weighted by molar-refractivity contribution is 5.96. The van der Waals surface area contributed by atoms with Gasteiger partial charge in [-0.2, -0.15) is 0 Å². The summed E-state index contributed by atoms with van der Waals surface area (Å²) >= 11 is 0. The lowest BCUT2D eigenvalue weighted by Crippen LogP contribution is -2.38. The average molecular weight is 254 g/mol. The summed E-state index contributed by atoms with van der Waals surface area (Å²) in [5.74, 6) is -0.444. The van der Waals surface area contributed by atoms with Crippen LogP contribution in [0.15, 0.2) is 18.2 Å². The van der Waals surface area contributed by atoms with Gasteiger partial charge in [0, 0.05) is 0 Å². The van der Waals surface area contributed by atoms with Crippen LogP contribution in [0.1, 0.15) is 38.1 Å². The van der Waals surface area contributed by atoms with Gasteiger partial charge in [0.1, 0.15) is 18.2 Å². The molecule has 0 saturated carbocycles. The maximum absolute atomic E-state index is 13.1. The Morgan fingerprint density at radius 1 is 1.50 bits per heavy atom. The molecule has 1 unspecified atom stereocenters. The van der Waals surface area contributed by atoms with Crippen LogP contribution < -0.4 is 4.74 Å². The lowest BCUT2D eigenvalue weighted by molar-refractivity contribution is -0.0268. The summed E-state index contributed by atoms with van der Waals surface area (Å²) in [5, 5.41) is 10.1. The largest absolute Gasteiger partial charge is 0.490 e. The number of aliphatic hydroxyl groups is 1. The minimum Gasteiger partial charge on any atom is -0.490 e. The molecule has 1 aromatic carbocycles. The van der Waals surface area contributed by atoms with Crippen molar-refractivity contribution in [1.29, 1.82) is 0 Å². The molecule has 0 heterocycles. The van der Waals surface area contributed by atoms with Gasteiger partial charge in [0.15, 0.2) is 5.78 Å². The van der Waals surface area contributed by atoms with Crippen LogP contribution in [0.4, 0.5) is 4.39 Å². The number of hydrogen-bond acceptors (Lipinski definition) is 3. The van der Waals surface area contributed by atoms with Crippen molar-refractivity contribution in [2.24, 2.45) is 5.92 Å². The van der Waals surface area contributed by atoms with Gasteiger partial charge in [-0.15, -0.1) is 0 Å². The Hall–Kier alpha value is -1.42. The Morgan fingerprint density at radius 2 is 2.11 bits per heavy atom. The first kappa shape index (κ1) is 14.6. The number of halogens is 1. The summed E-state index contributed by atoms with van der Waals surface area (Å²) in [6.07, 6.45) is 0. The summed E-state index contributed by atoms with van der Waals surface area (Å²) in [4.78, 5) is 11.4. The zero-order chi connectivity index (χ0) is 13.9. The molecule has 1 N–H and O–H groups in total. The molecule has 0 aliphatic rings. The summed E-state index contributed by atoms with van der Waals surface area (Å²) in [7, 11) is 0. The maximum Gasteiger partial charge on any atom is 0.163 e. The molecule has 1 rings (SSSR count). The normalized spacial score (nSPS) is 14.4. The first-order valence-corrected chi connectivity index (χ1v) is 5.89. The fraction of sp³-hybridized carbons (Fsp3) is 0.500. The molecule has 0 bridgehead atoms. The van der Waals surface area contributed by atoms with Gasteiger partial charge in [-0.1, -0.05) is 13.8 Å². The van der Waals surface area contributed by atoms with E-state index in [0.717, 1.165) is 6.07 Å². The number of ketones is 1. The molecule has 0 aliphatic carbocycles. The number of carbonyl (C=O) groups is 1. The third-order valence-electron chi connectivity index (χ3n) is 3.08. The molecule has 0 fully saturated rings. The molecule has 1 aromatic rings. The van der Waals surface area contributed by atoms with Crippen LogP contribution in [-0.2, 0) is 0 Å². The van der Waals surface area contributed by atoms with Gasteiger partial charge in [0.05, 0.1) is 11.2 Å². The molecular formula is C14H19FO3. The van der Waals surface area contributed by atoms with Crippen molar-refractivity contribution in [3.05, 3.63) is 29.6 Å². The third kappa shape index (κ3) is 3.53. The van der Waals surface area contributed by atoms with Gasteiger partial charge in [-0.05, 0) is 38.0 Å². The van der Waals surface area contributed by atoms with Crippen LogP contribution in [0, 0.1) is 11.7 Å². The number of benzene rings is 1. The third-order valence-corrected chi connectivity index (χ3v) is 3.08. The average Bonchev–Trinajstić information content (AvgIpc) is 2.27. The van der Waals surface area contributed by atoms with E-state index in [-0.39, 0.29) is 23.9 Å². The Bertz CT molecular complexity index is 439. The quantitative estimate of drug-likeness (QED) is 0.822. The highest BCUT2D eigenvalue weighted by atomic mass is 19.1. The van der Waals surface area contributed by atoms with Gasteiger partial charge in [-0.3, -0.25) is 4.79 Å². The number of rotatable bonds is 5. The van der Waals surface area contributed by atoms with Gasteiger partial charge in [0.25, 0.3) is 0 Å². The van der Waals surface area contributed by atoms with E-state index in [0.29, 0.717) is 5.75 Å². The molecule has 1 atom stereocenters. The van der Waals surface area contributed by atoms with E-state index >= 15 is 0 Å². The van der Waals surface area contributed by atoms with Gasteiger partial charge in [0.2, 0.25) is 0 Å². The predicted molar refractivity (Wildman–Crippen MR) is 67.4 cm³/mol. The Labute approximate surface area is 107 Å². The molecular weight excluding hydrogens is 235 g/mol. The van der Waals surface area contributed by atoms with Crippen LogP contribution in [0.5, 0.6) is 5.75 Å². The predicted octanol–water partition coefficient (Wildman–Crippen LogP) is 2.81. The molecule has 0 radical (unpaired) electrons. The van der Waals surface area contributed by atoms with Gasteiger partial charge in [-0.25, -0.2) is 4.39 Å². The van der Waals surface area contributed by atoms with E-state index in [2.05, 4.69) is 0 Å². The van der Waals surface area contributed by atoms with Crippen molar-refractivity contribution in [3.8, 4) is 5.75 Å². The fourth-order valence-electron chi connectivity index (χ4n) is 1.29. The second-order valence-electron chi connectivity index (χ2n) is 5.00. The Balaban J connectivity index is 2.89.